The Hall–Kier alpha value is -5.22. The smallest absolute Gasteiger partial charge is 0.265 e. The number of anilines is 3. The highest BCUT2D eigenvalue weighted by molar-refractivity contribution is 7.16. The molecule has 200 valence electrons. The topological polar surface area (TPSA) is 134 Å². The fraction of sp³-hybridized carbons (Fsp3) is 0.0667. The van der Waals surface area contributed by atoms with Crippen LogP contribution in [-0.4, -0.2) is 35.6 Å². The lowest BCUT2D eigenvalue weighted by Crippen LogP contribution is -2.11. The van der Waals surface area contributed by atoms with Crippen LogP contribution in [0.15, 0.2) is 79.0 Å². The highest BCUT2D eigenvalue weighted by atomic mass is 32.1. The number of carbonyl (C=O) groups is 4. The predicted octanol–water partition coefficient (Wildman–Crippen LogP) is 5.55. The van der Waals surface area contributed by atoms with Crippen molar-refractivity contribution in [1.82, 2.24) is 0 Å². The van der Waals surface area contributed by atoms with Crippen LogP contribution in [0, 0.1) is 0 Å². The molecule has 0 fully saturated rings. The SMILES string of the molecule is COc1ccc(NC=C2C(=O)Nc3cc(C(=O)c4cccc(NC(=O)c5ccc(C(C)=O)s5)c4)ccc32)cc1O. The van der Waals surface area contributed by atoms with Crippen LogP contribution in [0.3, 0.4) is 0 Å². The van der Waals surface area contributed by atoms with Crippen molar-refractivity contribution >= 4 is 57.4 Å². The van der Waals surface area contributed by atoms with Crippen LogP contribution in [0.4, 0.5) is 17.1 Å². The Bertz CT molecular complexity index is 1720. The van der Waals surface area contributed by atoms with Crippen molar-refractivity contribution in [3.8, 4) is 11.5 Å². The molecule has 5 rings (SSSR count). The van der Waals surface area contributed by atoms with Crippen molar-refractivity contribution in [2.75, 3.05) is 23.1 Å². The largest absolute Gasteiger partial charge is 0.504 e. The van der Waals surface area contributed by atoms with Crippen molar-refractivity contribution in [3.63, 3.8) is 0 Å². The molecule has 0 saturated carbocycles. The number of hydrogen-bond acceptors (Lipinski definition) is 8. The number of aromatic hydroxyl groups is 1. The number of fused-ring (bicyclic) bond motifs is 1. The minimum absolute atomic E-state index is 0.0393. The summed E-state index contributed by atoms with van der Waals surface area (Å²) in [4.78, 5) is 50.9. The minimum Gasteiger partial charge on any atom is -0.504 e. The Morgan fingerprint density at radius 2 is 1.70 bits per heavy atom. The molecular weight excluding hydrogens is 530 g/mol. The number of carbonyl (C=O) groups excluding carboxylic acids is 4. The molecule has 0 aliphatic carbocycles. The van der Waals surface area contributed by atoms with Gasteiger partial charge in [-0.25, -0.2) is 0 Å². The van der Waals surface area contributed by atoms with Gasteiger partial charge in [-0.2, -0.15) is 0 Å². The lowest BCUT2D eigenvalue weighted by Gasteiger charge is -2.08. The monoisotopic (exact) mass is 553 g/mol. The van der Waals surface area contributed by atoms with E-state index in [4.69, 9.17) is 4.74 Å². The third-order valence-electron chi connectivity index (χ3n) is 6.19. The summed E-state index contributed by atoms with van der Waals surface area (Å²) >= 11 is 1.10. The predicted molar refractivity (Wildman–Crippen MR) is 153 cm³/mol. The first-order valence-corrected chi connectivity index (χ1v) is 12.9. The second kappa shape index (κ2) is 10.9. The number of methoxy groups -OCH3 is 1. The molecule has 1 aliphatic heterocycles. The molecule has 0 bridgehead atoms. The zero-order chi connectivity index (χ0) is 28.4. The average molecular weight is 554 g/mol. The molecule has 0 radical (unpaired) electrons. The van der Waals surface area contributed by atoms with Gasteiger partial charge in [0.25, 0.3) is 11.8 Å². The molecule has 2 amide bonds. The van der Waals surface area contributed by atoms with Crippen molar-refractivity contribution < 1.29 is 29.0 Å². The quantitative estimate of drug-likeness (QED) is 0.166. The number of ether oxygens (including phenoxy) is 1. The number of phenols is 1. The number of amides is 2. The molecule has 0 spiro atoms. The number of phenolic OH excluding ortho intramolecular Hbond substituents is 1. The van der Waals surface area contributed by atoms with Crippen molar-refractivity contribution in [1.29, 1.82) is 0 Å². The highest BCUT2D eigenvalue weighted by Gasteiger charge is 2.25. The van der Waals surface area contributed by atoms with E-state index < -0.39 is 0 Å². The van der Waals surface area contributed by atoms with Gasteiger partial charge in [0.15, 0.2) is 23.1 Å². The number of Topliss-reactive ketones (excluding diaryl/α,β-unsaturated/α-hetero) is 1. The maximum Gasteiger partial charge on any atom is 0.265 e. The van der Waals surface area contributed by atoms with Gasteiger partial charge in [0.1, 0.15) is 0 Å². The highest BCUT2D eigenvalue weighted by Crippen LogP contribution is 2.34. The van der Waals surface area contributed by atoms with Gasteiger partial charge in [0.2, 0.25) is 0 Å². The van der Waals surface area contributed by atoms with Gasteiger partial charge in [-0.15, -0.1) is 11.3 Å². The van der Waals surface area contributed by atoms with Crippen LogP contribution in [0.5, 0.6) is 11.5 Å². The van der Waals surface area contributed by atoms with Gasteiger partial charge >= 0.3 is 0 Å². The van der Waals surface area contributed by atoms with E-state index in [0.717, 1.165) is 11.3 Å². The normalized spacial score (nSPS) is 12.9. The van der Waals surface area contributed by atoms with Crippen LogP contribution in [-0.2, 0) is 4.79 Å². The molecule has 40 heavy (non-hydrogen) atoms. The Morgan fingerprint density at radius 1 is 0.925 bits per heavy atom. The van der Waals surface area contributed by atoms with Gasteiger partial charge in [0.05, 0.1) is 22.4 Å². The first kappa shape index (κ1) is 26.4. The molecule has 3 aromatic carbocycles. The molecule has 0 saturated heterocycles. The van der Waals surface area contributed by atoms with Crippen LogP contribution < -0.4 is 20.7 Å². The van der Waals surface area contributed by atoms with E-state index >= 15 is 0 Å². The lowest BCUT2D eigenvalue weighted by molar-refractivity contribution is -0.110. The third-order valence-corrected chi connectivity index (χ3v) is 7.37. The van der Waals surface area contributed by atoms with E-state index in [9.17, 15) is 24.3 Å². The Kier molecular flexibility index (Phi) is 7.17. The van der Waals surface area contributed by atoms with Gasteiger partial charge in [-0.1, -0.05) is 24.3 Å². The van der Waals surface area contributed by atoms with Crippen LogP contribution in [0.2, 0.25) is 0 Å². The maximum absolute atomic E-state index is 13.3. The molecule has 10 heteroatoms. The zero-order valence-electron chi connectivity index (χ0n) is 21.4. The maximum atomic E-state index is 13.3. The van der Waals surface area contributed by atoms with E-state index in [1.807, 2.05) is 0 Å². The van der Waals surface area contributed by atoms with Crippen LogP contribution >= 0.6 is 11.3 Å². The third kappa shape index (κ3) is 5.33. The number of benzene rings is 3. The summed E-state index contributed by atoms with van der Waals surface area (Å²) in [5, 5.41) is 18.5. The summed E-state index contributed by atoms with van der Waals surface area (Å²) in [5.74, 6) is -0.817. The zero-order valence-corrected chi connectivity index (χ0v) is 22.2. The van der Waals surface area contributed by atoms with E-state index in [2.05, 4.69) is 16.0 Å². The van der Waals surface area contributed by atoms with Gasteiger partial charge in [-0.3, -0.25) is 19.2 Å². The standard InChI is InChI=1S/C30H23N3O6S/c1-16(34)26-10-11-27(40-26)30(38)32-20-5-3-4-17(12-20)28(36)18-6-8-21-22(29(37)33-23(21)13-18)15-31-19-7-9-25(39-2)24(35)14-19/h3-15,31,35H,1-2H3,(H,32,38)(H,33,37). The van der Waals surface area contributed by atoms with Gasteiger partial charge < -0.3 is 25.8 Å². The Balaban J connectivity index is 1.32. The number of rotatable bonds is 8. The summed E-state index contributed by atoms with van der Waals surface area (Å²) in [6.07, 6.45) is 1.53. The van der Waals surface area contributed by atoms with E-state index in [0.29, 0.717) is 54.8 Å². The summed E-state index contributed by atoms with van der Waals surface area (Å²) in [6.45, 7) is 1.44. The molecular formula is C30H23N3O6S. The second-order valence-corrected chi connectivity index (χ2v) is 9.97. The minimum atomic E-state index is -0.375. The molecule has 1 aromatic heterocycles. The summed E-state index contributed by atoms with van der Waals surface area (Å²) in [5.41, 5.74) is 3.19. The fourth-order valence-electron chi connectivity index (χ4n) is 4.16. The molecule has 4 N–H and O–H groups in total. The summed E-state index contributed by atoms with van der Waals surface area (Å²) in [6, 6.07) is 19.5. The Labute approximate surface area is 233 Å². The van der Waals surface area contributed by atoms with Crippen molar-refractivity contribution in [2.24, 2.45) is 0 Å². The number of thiophene rings is 1. The fourth-order valence-corrected chi connectivity index (χ4v) is 4.96. The lowest BCUT2D eigenvalue weighted by atomic mass is 9.99. The summed E-state index contributed by atoms with van der Waals surface area (Å²) < 4.78 is 5.04. The van der Waals surface area contributed by atoms with Crippen LogP contribution in [0.1, 0.15) is 47.8 Å². The average Bonchev–Trinajstić information content (AvgIpc) is 3.56. The van der Waals surface area contributed by atoms with Gasteiger partial charge in [0, 0.05) is 46.0 Å². The van der Waals surface area contributed by atoms with E-state index in [1.54, 1.807) is 66.7 Å². The molecule has 2 heterocycles. The molecule has 4 aromatic rings. The first-order valence-electron chi connectivity index (χ1n) is 12.1. The molecule has 1 aliphatic rings. The molecule has 9 nitrogen and oxygen atoms in total. The van der Waals surface area contributed by atoms with E-state index in [-0.39, 0.29) is 29.1 Å². The Morgan fingerprint density at radius 3 is 2.42 bits per heavy atom. The second-order valence-electron chi connectivity index (χ2n) is 8.89. The van der Waals surface area contributed by atoms with Crippen LogP contribution in [0.25, 0.3) is 5.57 Å². The van der Waals surface area contributed by atoms with Crippen molar-refractivity contribution in [3.05, 3.63) is 105 Å². The number of nitrogens with one attached hydrogen (secondary N) is 3. The molecule has 0 unspecified atom stereocenters. The molecule has 0 atom stereocenters. The first-order chi connectivity index (χ1) is 19.2. The van der Waals surface area contributed by atoms with Crippen molar-refractivity contribution in [2.45, 2.75) is 6.92 Å². The van der Waals surface area contributed by atoms with Gasteiger partial charge in [-0.05, 0) is 49.4 Å². The number of hydrogen-bond donors (Lipinski definition) is 4. The summed E-state index contributed by atoms with van der Waals surface area (Å²) in [7, 11) is 1.45. The van der Waals surface area contributed by atoms with E-state index in [1.165, 1.54) is 26.3 Å². The number of ketones is 2.